The van der Waals surface area contributed by atoms with Gasteiger partial charge in [-0.05, 0) is 19.1 Å². The molecule has 1 aromatic rings. The van der Waals surface area contributed by atoms with Gasteiger partial charge in [0, 0.05) is 31.7 Å². The maximum Gasteiger partial charge on any atom is 0.251 e. The molecule has 2 amide bonds. The lowest BCUT2D eigenvalue weighted by atomic mass is 10.1. The zero-order valence-electron chi connectivity index (χ0n) is 11.3. The highest BCUT2D eigenvalue weighted by Gasteiger charge is 2.12. The fraction of sp³-hybridized carbons (Fsp3) is 0.429. The van der Waals surface area contributed by atoms with E-state index in [9.17, 15) is 9.59 Å². The van der Waals surface area contributed by atoms with E-state index in [0.717, 1.165) is 0 Å². The summed E-state index contributed by atoms with van der Waals surface area (Å²) in [5.74, 6) is -0.268. The Morgan fingerprint density at radius 1 is 1.26 bits per heavy atom. The molecular weight excluding hydrogens is 244 g/mol. The third-order valence-corrected chi connectivity index (χ3v) is 2.53. The number of nitrogens with one attached hydrogen (secondary N) is 2. The lowest BCUT2D eigenvalue weighted by molar-refractivity contribution is -0.121. The Bertz CT molecular complexity index is 406. The number of hydrogen-bond donors (Lipinski definition) is 2. The first-order chi connectivity index (χ1) is 9.13. The Balaban J connectivity index is 2.33. The van der Waals surface area contributed by atoms with E-state index in [0.29, 0.717) is 18.7 Å². The van der Waals surface area contributed by atoms with Gasteiger partial charge in [-0.25, -0.2) is 0 Å². The number of benzene rings is 1. The quantitative estimate of drug-likeness (QED) is 0.721. The van der Waals surface area contributed by atoms with Crippen molar-refractivity contribution in [2.45, 2.75) is 19.4 Å². The highest BCUT2D eigenvalue weighted by atomic mass is 16.5. The lowest BCUT2D eigenvalue weighted by Gasteiger charge is -2.13. The van der Waals surface area contributed by atoms with Crippen LogP contribution in [0.15, 0.2) is 30.3 Å². The molecule has 0 heterocycles. The highest BCUT2D eigenvalue weighted by Crippen LogP contribution is 2.00. The van der Waals surface area contributed by atoms with Crippen molar-refractivity contribution in [2.75, 3.05) is 20.3 Å². The summed E-state index contributed by atoms with van der Waals surface area (Å²) in [6.45, 7) is 2.77. The predicted octanol–water partition coefficient (Wildman–Crippen LogP) is 0.958. The minimum Gasteiger partial charge on any atom is -0.383 e. The fourth-order valence-corrected chi connectivity index (χ4v) is 1.59. The van der Waals surface area contributed by atoms with Gasteiger partial charge in [0.05, 0.1) is 6.61 Å². The van der Waals surface area contributed by atoms with Crippen molar-refractivity contribution in [3.8, 4) is 0 Å². The van der Waals surface area contributed by atoms with Gasteiger partial charge in [-0.1, -0.05) is 18.2 Å². The smallest absolute Gasteiger partial charge is 0.251 e. The summed E-state index contributed by atoms with van der Waals surface area (Å²) in [5, 5.41) is 5.50. The molecule has 0 aliphatic carbocycles. The van der Waals surface area contributed by atoms with Gasteiger partial charge in [0.2, 0.25) is 5.91 Å². The SMILES string of the molecule is COCCNC(=O)CC(C)NC(=O)c1ccccc1. The molecule has 5 nitrogen and oxygen atoms in total. The van der Waals surface area contributed by atoms with Gasteiger partial charge in [0.1, 0.15) is 0 Å². The van der Waals surface area contributed by atoms with Crippen LogP contribution in [0.3, 0.4) is 0 Å². The van der Waals surface area contributed by atoms with Gasteiger partial charge in [0.15, 0.2) is 0 Å². The fourth-order valence-electron chi connectivity index (χ4n) is 1.59. The standard InChI is InChI=1S/C14H20N2O3/c1-11(10-13(17)15-8-9-19-2)16-14(18)12-6-4-3-5-7-12/h3-7,11H,8-10H2,1-2H3,(H,15,17)(H,16,18). The molecule has 104 valence electrons. The number of amides is 2. The van der Waals surface area contributed by atoms with Crippen LogP contribution in [0.4, 0.5) is 0 Å². The second kappa shape index (κ2) is 8.26. The van der Waals surface area contributed by atoms with Crippen LogP contribution in [-0.2, 0) is 9.53 Å². The van der Waals surface area contributed by atoms with E-state index in [2.05, 4.69) is 10.6 Å². The van der Waals surface area contributed by atoms with Crippen LogP contribution in [0.1, 0.15) is 23.7 Å². The van der Waals surface area contributed by atoms with Gasteiger partial charge in [-0.2, -0.15) is 0 Å². The van der Waals surface area contributed by atoms with E-state index in [1.807, 2.05) is 6.07 Å². The third-order valence-electron chi connectivity index (χ3n) is 2.53. The van der Waals surface area contributed by atoms with Crippen LogP contribution in [0.2, 0.25) is 0 Å². The zero-order valence-corrected chi connectivity index (χ0v) is 11.3. The van der Waals surface area contributed by atoms with Gasteiger partial charge in [-0.15, -0.1) is 0 Å². The lowest BCUT2D eigenvalue weighted by Crippen LogP contribution is -2.38. The molecule has 0 bridgehead atoms. The van der Waals surface area contributed by atoms with Crippen LogP contribution >= 0.6 is 0 Å². The Morgan fingerprint density at radius 2 is 1.95 bits per heavy atom. The average Bonchev–Trinajstić information content (AvgIpc) is 2.39. The summed E-state index contributed by atoms with van der Waals surface area (Å²) in [7, 11) is 1.58. The first-order valence-electron chi connectivity index (χ1n) is 6.25. The molecule has 2 N–H and O–H groups in total. The largest absolute Gasteiger partial charge is 0.383 e. The van der Waals surface area contributed by atoms with E-state index in [1.165, 1.54) is 0 Å². The maximum atomic E-state index is 11.8. The Morgan fingerprint density at radius 3 is 2.58 bits per heavy atom. The summed E-state index contributed by atoms with van der Waals surface area (Å²) in [6.07, 6.45) is 0.252. The van der Waals surface area contributed by atoms with Crippen LogP contribution < -0.4 is 10.6 Å². The monoisotopic (exact) mass is 264 g/mol. The molecule has 1 unspecified atom stereocenters. The molecule has 19 heavy (non-hydrogen) atoms. The van der Waals surface area contributed by atoms with E-state index in [1.54, 1.807) is 38.3 Å². The zero-order chi connectivity index (χ0) is 14.1. The third kappa shape index (κ3) is 6.01. The normalized spacial score (nSPS) is 11.7. The second-order valence-electron chi connectivity index (χ2n) is 4.29. The molecule has 0 saturated carbocycles. The molecule has 0 saturated heterocycles. The van der Waals surface area contributed by atoms with E-state index >= 15 is 0 Å². The van der Waals surface area contributed by atoms with Crippen molar-refractivity contribution in [3.63, 3.8) is 0 Å². The van der Waals surface area contributed by atoms with Crippen molar-refractivity contribution in [2.24, 2.45) is 0 Å². The predicted molar refractivity (Wildman–Crippen MR) is 72.9 cm³/mol. The van der Waals surface area contributed by atoms with Crippen molar-refractivity contribution >= 4 is 11.8 Å². The summed E-state index contributed by atoms with van der Waals surface area (Å²) in [6, 6.07) is 8.72. The van der Waals surface area contributed by atoms with Gasteiger partial charge in [-0.3, -0.25) is 9.59 Å². The number of carbonyl (C=O) groups excluding carboxylic acids is 2. The van der Waals surface area contributed by atoms with Crippen molar-refractivity contribution in [1.82, 2.24) is 10.6 Å². The van der Waals surface area contributed by atoms with Crippen molar-refractivity contribution in [3.05, 3.63) is 35.9 Å². The number of rotatable bonds is 7. The Labute approximate surface area is 113 Å². The van der Waals surface area contributed by atoms with E-state index < -0.39 is 0 Å². The second-order valence-corrected chi connectivity index (χ2v) is 4.29. The van der Waals surface area contributed by atoms with Gasteiger partial charge in [0.25, 0.3) is 5.91 Å². The molecule has 0 spiro atoms. The molecular formula is C14H20N2O3. The molecule has 0 aliphatic heterocycles. The van der Waals surface area contributed by atoms with E-state index in [4.69, 9.17) is 4.74 Å². The molecule has 0 aliphatic rings. The molecule has 1 aromatic carbocycles. The number of hydrogen-bond acceptors (Lipinski definition) is 3. The molecule has 1 atom stereocenters. The number of ether oxygens (including phenoxy) is 1. The first-order valence-corrected chi connectivity index (χ1v) is 6.25. The highest BCUT2D eigenvalue weighted by molar-refractivity contribution is 5.94. The minimum atomic E-state index is -0.213. The van der Waals surface area contributed by atoms with Crippen molar-refractivity contribution in [1.29, 1.82) is 0 Å². The first kappa shape index (κ1) is 15.2. The molecule has 5 heteroatoms. The van der Waals surface area contributed by atoms with Gasteiger partial charge < -0.3 is 15.4 Å². The Hall–Kier alpha value is -1.88. The number of carbonyl (C=O) groups is 2. The molecule has 1 rings (SSSR count). The van der Waals surface area contributed by atoms with Crippen LogP contribution in [-0.4, -0.2) is 38.1 Å². The van der Waals surface area contributed by atoms with Crippen LogP contribution in [0.25, 0.3) is 0 Å². The maximum absolute atomic E-state index is 11.8. The van der Waals surface area contributed by atoms with Crippen molar-refractivity contribution < 1.29 is 14.3 Å². The molecule has 0 radical (unpaired) electrons. The van der Waals surface area contributed by atoms with Crippen LogP contribution in [0, 0.1) is 0 Å². The molecule has 0 aromatic heterocycles. The summed E-state index contributed by atoms with van der Waals surface area (Å²) >= 11 is 0. The van der Waals surface area contributed by atoms with Gasteiger partial charge >= 0.3 is 0 Å². The topological polar surface area (TPSA) is 67.4 Å². The van der Waals surface area contributed by atoms with Crippen LogP contribution in [0.5, 0.6) is 0 Å². The Kier molecular flexibility index (Phi) is 6.60. The minimum absolute atomic E-state index is 0.0992. The van der Waals surface area contributed by atoms with E-state index in [-0.39, 0.29) is 24.3 Å². The summed E-state index contributed by atoms with van der Waals surface area (Å²) < 4.78 is 4.84. The summed E-state index contributed by atoms with van der Waals surface area (Å²) in [4.78, 5) is 23.4. The average molecular weight is 264 g/mol. The molecule has 0 fully saturated rings. The summed E-state index contributed by atoms with van der Waals surface area (Å²) in [5.41, 5.74) is 0.592. The number of methoxy groups -OCH3 is 1.